The van der Waals surface area contributed by atoms with E-state index in [1.807, 2.05) is 45.0 Å². The van der Waals surface area contributed by atoms with Crippen LogP contribution in [0.2, 0.25) is 0 Å². The highest BCUT2D eigenvalue weighted by Crippen LogP contribution is 2.28. The van der Waals surface area contributed by atoms with Crippen molar-refractivity contribution in [2.45, 2.75) is 26.9 Å². The van der Waals surface area contributed by atoms with E-state index in [1.54, 1.807) is 30.6 Å². The number of nitrogens with zero attached hydrogens (tertiary/aromatic N) is 1. The van der Waals surface area contributed by atoms with Gasteiger partial charge in [-0.15, -0.1) is 0 Å². The number of nitrogens with one attached hydrogen (secondary N) is 1. The summed E-state index contributed by atoms with van der Waals surface area (Å²) >= 11 is 0. The van der Waals surface area contributed by atoms with Crippen LogP contribution >= 0.6 is 0 Å². The van der Waals surface area contributed by atoms with E-state index in [0.717, 1.165) is 27.9 Å². The molecule has 1 aromatic carbocycles. The standard InChI is InChI=1S/C20H20N2O2/c1-13(2)24-16-4-6-19-18(12-16)17(14(3)22-19)5-7-20(23)15-8-10-21-11-9-15/h4-13,22H,1-3H3. The number of aryl methyl sites for hydroxylation is 1. The molecule has 0 aliphatic carbocycles. The predicted molar refractivity (Wildman–Crippen MR) is 96.4 cm³/mol. The quantitative estimate of drug-likeness (QED) is 0.554. The van der Waals surface area contributed by atoms with Crippen molar-refractivity contribution in [1.82, 2.24) is 9.97 Å². The smallest absolute Gasteiger partial charge is 0.185 e. The number of pyridine rings is 1. The SMILES string of the molecule is Cc1[nH]c2ccc(OC(C)C)cc2c1C=CC(=O)c1ccncc1. The number of ether oxygens (including phenoxy) is 1. The number of aromatic amines is 1. The first kappa shape index (κ1) is 16.0. The van der Waals surface area contributed by atoms with Gasteiger partial charge in [0.25, 0.3) is 0 Å². The Morgan fingerprint density at radius 2 is 1.96 bits per heavy atom. The number of ketones is 1. The van der Waals surface area contributed by atoms with Gasteiger partial charge >= 0.3 is 0 Å². The highest BCUT2D eigenvalue weighted by molar-refractivity contribution is 6.08. The third-order valence-electron chi connectivity index (χ3n) is 3.75. The molecule has 0 aliphatic rings. The summed E-state index contributed by atoms with van der Waals surface area (Å²) in [7, 11) is 0. The van der Waals surface area contributed by atoms with E-state index in [-0.39, 0.29) is 11.9 Å². The van der Waals surface area contributed by atoms with Crippen LogP contribution in [0, 0.1) is 6.92 Å². The Labute approximate surface area is 141 Å². The summed E-state index contributed by atoms with van der Waals surface area (Å²) in [6, 6.07) is 9.39. The summed E-state index contributed by atoms with van der Waals surface area (Å²) in [6.45, 7) is 6.00. The summed E-state index contributed by atoms with van der Waals surface area (Å²) < 4.78 is 5.77. The summed E-state index contributed by atoms with van der Waals surface area (Å²) in [4.78, 5) is 19.5. The number of carbonyl (C=O) groups is 1. The maximum Gasteiger partial charge on any atom is 0.185 e. The molecule has 0 spiro atoms. The van der Waals surface area contributed by atoms with Crippen LogP contribution in [0.5, 0.6) is 5.75 Å². The molecule has 4 heteroatoms. The van der Waals surface area contributed by atoms with Crippen LogP contribution in [0.3, 0.4) is 0 Å². The lowest BCUT2D eigenvalue weighted by molar-refractivity contribution is 0.104. The highest BCUT2D eigenvalue weighted by atomic mass is 16.5. The minimum atomic E-state index is -0.0410. The summed E-state index contributed by atoms with van der Waals surface area (Å²) in [5, 5.41) is 1.05. The highest BCUT2D eigenvalue weighted by Gasteiger charge is 2.09. The number of benzene rings is 1. The summed E-state index contributed by atoms with van der Waals surface area (Å²) in [5.74, 6) is 0.785. The molecule has 2 heterocycles. The van der Waals surface area contributed by atoms with Crippen LogP contribution in [0.25, 0.3) is 17.0 Å². The van der Waals surface area contributed by atoms with Crippen molar-refractivity contribution >= 4 is 22.8 Å². The third-order valence-corrected chi connectivity index (χ3v) is 3.75. The first-order valence-corrected chi connectivity index (χ1v) is 7.96. The molecule has 3 rings (SSSR count). The van der Waals surface area contributed by atoms with Crippen LogP contribution in [0.4, 0.5) is 0 Å². The van der Waals surface area contributed by atoms with Crippen molar-refractivity contribution in [3.8, 4) is 5.75 Å². The monoisotopic (exact) mass is 320 g/mol. The Balaban J connectivity index is 1.94. The molecular weight excluding hydrogens is 300 g/mol. The Bertz CT molecular complexity index is 893. The predicted octanol–water partition coefficient (Wildman–Crippen LogP) is 4.55. The maximum absolute atomic E-state index is 12.3. The van der Waals surface area contributed by atoms with Gasteiger partial charge in [-0.2, -0.15) is 0 Å². The van der Waals surface area contributed by atoms with Crippen LogP contribution in [-0.2, 0) is 0 Å². The molecule has 2 aromatic heterocycles. The number of H-pyrrole nitrogens is 1. The Morgan fingerprint density at radius 3 is 2.67 bits per heavy atom. The van der Waals surface area contributed by atoms with Crippen LogP contribution in [0.15, 0.2) is 48.8 Å². The van der Waals surface area contributed by atoms with Crippen LogP contribution in [-0.4, -0.2) is 21.9 Å². The van der Waals surface area contributed by atoms with E-state index in [1.165, 1.54) is 0 Å². The molecule has 0 saturated carbocycles. The van der Waals surface area contributed by atoms with E-state index < -0.39 is 0 Å². The second-order valence-electron chi connectivity index (χ2n) is 5.97. The van der Waals surface area contributed by atoms with Crippen molar-refractivity contribution in [2.24, 2.45) is 0 Å². The topological polar surface area (TPSA) is 55.0 Å². The minimum absolute atomic E-state index is 0.0410. The van der Waals surface area contributed by atoms with Crippen LogP contribution < -0.4 is 4.74 Å². The van der Waals surface area contributed by atoms with Crippen molar-refractivity contribution in [3.63, 3.8) is 0 Å². The van der Waals surface area contributed by atoms with Crippen LogP contribution in [0.1, 0.15) is 35.5 Å². The van der Waals surface area contributed by atoms with Crippen molar-refractivity contribution in [2.75, 3.05) is 0 Å². The van der Waals surface area contributed by atoms with Crippen molar-refractivity contribution < 1.29 is 9.53 Å². The largest absolute Gasteiger partial charge is 0.491 e. The first-order valence-electron chi connectivity index (χ1n) is 7.96. The van der Waals surface area contributed by atoms with Gasteiger partial charge in [0, 0.05) is 40.1 Å². The average molecular weight is 320 g/mol. The second kappa shape index (κ2) is 6.71. The zero-order chi connectivity index (χ0) is 17.1. The fourth-order valence-corrected chi connectivity index (χ4v) is 2.66. The second-order valence-corrected chi connectivity index (χ2v) is 5.97. The molecule has 0 saturated heterocycles. The molecule has 24 heavy (non-hydrogen) atoms. The molecule has 122 valence electrons. The van der Waals surface area contributed by atoms with Gasteiger partial charge in [0.2, 0.25) is 0 Å². The maximum atomic E-state index is 12.3. The number of hydrogen-bond acceptors (Lipinski definition) is 3. The normalized spacial score (nSPS) is 11.5. The molecule has 1 N–H and O–H groups in total. The summed E-state index contributed by atoms with van der Waals surface area (Å²) in [5.41, 5.74) is 3.68. The molecular formula is C20H20N2O2. The fraction of sp³-hybridized carbons (Fsp3) is 0.200. The zero-order valence-electron chi connectivity index (χ0n) is 14.0. The molecule has 0 atom stereocenters. The number of rotatable bonds is 5. The van der Waals surface area contributed by atoms with Gasteiger partial charge in [0.05, 0.1) is 6.10 Å². The number of aromatic nitrogens is 2. The number of allylic oxidation sites excluding steroid dienone is 1. The van der Waals surface area contributed by atoms with Gasteiger partial charge in [-0.3, -0.25) is 9.78 Å². The van der Waals surface area contributed by atoms with E-state index in [4.69, 9.17) is 4.74 Å². The number of hydrogen-bond donors (Lipinski definition) is 1. The first-order chi connectivity index (χ1) is 11.5. The Kier molecular flexibility index (Phi) is 4.47. The lowest BCUT2D eigenvalue weighted by Gasteiger charge is -2.09. The minimum Gasteiger partial charge on any atom is -0.491 e. The molecule has 3 aromatic rings. The Hall–Kier alpha value is -2.88. The molecule has 0 bridgehead atoms. The average Bonchev–Trinajstić information content (AvgIpc) is 2.87. The van der Waals surface area contributed by atoms with E-state index in [0.29, 0.717) is 5.56 Å². The van der Waals surface area contributed by atoms with Gasteiger partial charge in [-0.05, 0) is 63.3 Å². The fourth-order valence-electron chi connectivity index (χ4n) is 2.66. The molecule has 0 unspecified atom stereocenters. The molecule has 4 nitrogen and oxygen atoms in total. The lowest BCUT2D eigenvalue weighted by Crippen LogP contribution is -2.05. The molecule has 0 amide bonds. The summed E-state index contributed by atoms with van der Waals surface area (Å²) in [6.07, 6.45) is 6.81. The van der Waals surface area contributed by atoms with Crippen molar-refractivity contribution in [3.05, 3.63) is 65.6 Å². The number of fused-ring (bicyclic) bond motifs is 1. The number of carbonyl (C=O) groups excluding carboxylic acids is 1. The molecule has 0 aliphatic heterocycles. The molecule has 0 radical (unpaired) electrons. The van der Waals surface area contributed by atoms with E-state index >= 15 is 0 Å². The van der Waals surface area contributed by atoms with Gasteiger partial charge in [-0.25, -0.2) is 0 Å². The lowest BCUT2D eigenvalue weighted by atomic mass is 10.1. The Morgan fingerprint density at radius 1 is 1.21 bits per heavy atom. The third kappa shape index (κ3) is 3.38. The molecule has 0 fully saturated rings. The van der Waals surface area contributed by atoms with Gasteiger partial charge in [0.1, 0.15) is 5.75 Å². The van der Waals surface area contributed by atoms with Gasteiger partial charge < -0.3 is 9.72 Å². The van der Waals surface area contributed by atoms with E-state index in [2.05, 4.69) is 9.97 Å². The van der Waals surface area contributed by atoms with Crippen molar-refractivity contribution in [1.29, 1.82) is 0 Å². The van der Waals surface area contributed by atoms with Gasteiger partial charge in [0.15, 0.2) is 5.78 Å². The van der Waals surface area contributed by atoms with E-state index in [9.17, 15) is 4.79 Å². The zero-order valence-corrected chi connectivity index (χ0v) is 14.0. The van der Waals surface area contributed by atoms with Gasteiger partial charge in [-0.1, -0.05) is 0 Å².